The molecule has 1 aromatic heterocycles. The maximum absolute atomic E-state index is 11.6. The maximum Gasteiger partial charge on any atom is 0.338 e. The maximum atomic E-state index is 11.6. The van der Waals surface area contributed by atoms with E-state index in [4.69, 9.17) is 13.9 Å². The van der Waals surface area contributed by atoms with Crippen LogP contribution < -0.4 is 9.47 Å². The number of rotatable bonds is 5. The van der Waals surface area contributed by atoms with Crippen LogP contribution in [-0.4, -0.2) is 11.9 Å². The Morgan fingerprint density at radius 3 is 2.27 bits per heavy atom. The Kier molecular flexibility index (Phi) is 4.93. The molecule has 0 N–H and O–H groups in total. The molecule has 5 nitrogen and oxygen atoms in total. The molecule has 0 radical (unpaired) electrons. The Bertz CT molecular complexity index is 693. The quantitative estimate of drug-likeness (QED) is 0.481. The summed E-state index contributed by atoms with van der Waals surface area (Å²) in [6.07, 6.45) is 4.27. The topological polar surface area (TPSA) is 65.7 Å². The van der Waals surface area contributed by atoms with E-state index < -0.39 is 11.9 Å². The lowest BCUT2D eigenvalue weighted by atomic mass is 10.3. The smallest absolute Gasteiger partial charge is 0.338 e. The van der Waals surface area contributed by atoms with Gasteiger partial charge < -0.3 is 13.9 Å². The second-order valence-electron chi connectivity index (χ2n) is 4.41. The molecule has 0 aliphatic carbocycles. The van der Waals surface area contributed by atoms with E-state index in [1.807, 2.05) is 0 Å². The van der Waals surface area contributed by atoms with E-state index in [1.54, 1.807) is 19.1 Å². The monoisotopic (exact) mass is 298 g/mol. The molecule has 0 fully saturated rings. The normalized spacial score (nSPS) is 10.4. The second kappa shape index (κ2) is 7.08. The molecule has 5 heteroatoms. The zero-order valence-corrected chi connectivity index (χ0v) is 11.9. The Balaban J connectivity index is 1.92. The van der Waals surface area contributed by atoms with Gasteiger partial charge in [0.2, 0.25) is 0 Å². The lowest BCUT2D eigenvalue weighted by molar-refractivity contribution is -0.130. The zero-order chi connectivity index (χ0) is 15.9. The third-order valence-electron chi connectivity index (χ3n) is 2.53. The minimum atomic E-state index is -0.539. The Morgan fingerprint density at radius 1 is 1.09 bits per heavy atom. The molecule has 0 aliphatic heterocycles. The van der Waals surface area contributed by atoms with Crippen molar-refractivity contribution in [3.63, 3.8) is 0 Å². The van der Waals surface area contributed by atoms with Crippen molar-refractivity contribution in [1.82, 2.24) is 0 Å². The predicted molar refractivity (Wildman–Crippen MR) is 80.3 cm³/mol. The van der Waals surface area contributed by atoms with Crippen LogP contribution in [0.2, 0.25) is 0 Å². The van der Waals surface area contributed by atoms with Crippen LogP contribution in [0.4, 0.5) is 0 Å². The Hall–Kier alpha value is -3.08. The molecule has 0 aliphatic rings. The molecule has 2 aromatic rings. The fourth-order valence-corrected chi connectivity index (χ4v) is 1.46. The van der Waals surface area contributed by atoms with Crippen LogP contribution in [-0.2, 0) is 9.59 Å². The van der Waals surface area contributed by atoms with Gasteiger partial charge in [-0.25, -0.2) is 9.59 Å². The fraction of sp³-hybridized carbons (Fsp3) is 0.0588. The molecule has 0 bridgehead atoms. The first kappa shape index (κ1) is 15.3. The molecular formula is C17H14O5. The zero-order valence-electron chi connectivity index (χ0n) is 11.9. The standard InChI is InChI=1S/C17H14O5/c1-12(2)17(19)22-15-7-5-14(6-8-15)21-16(18)10-9-13-4-3-11-20-13/h3-11H,1H2,2H3. The van der Waals surface area contributed by atoms with Gasteiger partial charge in [-0.15, -0.1) is 0 Å². The Morgan fingerprint density at radius 2 is 1.73 bits per heavy atom. The van der Waals surface area contributed by atoms with Crippen molar-refractivity contribution in [2.24, 2.45) is 0 Å². The average Bonchev–Trinajstić information content (AvgIpc) is 3.00. The molecular weight excluding hydrogens is 284 g/mol. The summed E-state index contributed by atoms with van der Waals surface area (Å²) < 4.78 is 15.2. The summed E-state index contributed by atoms with van der Waals surface area (Å²) >= 11 is 0. The van der Waals surface area contributed by atoms with Gasteiger partial charge in [0.1, 0.15) is 17.3 Å². The number of hydrogen-bond donors (Lipinski definition) is 0. The lowest BCUT2D eigenvalue weighted by Crippen LogP contribution is -2.08. The third kappa shape index (κ3) is 4.49. The van der Waals surface area contributed by atoms with Gasteiger partial charge in [-0.05, 0) is 49.4 Å². The highest BCUT2D eigenvalue weighted by Gasteiger charge is 2.06. The van der Waals surface area contributed by atoms with Crippen molar-refractivity contribution >= 4 is 18.0 Å². The fourth-order valence-electron chi connectivity index (χ4n) is 1.46. The summed E-state index contributed by atoms with van der Waals surface area (Å²) in [7, 11) is 0. The molecule has 0 saturated carbocycles. The van der Waals surface area contributed by atoms with Crippen LogP contribution in [0.15, 0.2) is 65.3 Å². The van der Waals surface area contributed by atoms with E-state index in [0.29, 0.717) is 22.8 Å². The van der Waals surface area contributed by atoms with Crippen molar-refractivity contribution in [3.8, 4) is 11.5 Å². The predicted octanol–water partition coefficient (Wildman–Crippen LogP) is 3.38. The highest BCUT2D eigenvalue weighted by Crippen LogP contribution is 2.18. The van der Waals surface area contributed by atoms with Crippen LogP contribution in [0.1, 0.15) is 12.7 Å². The van der Waals surface area contributed by atoms with Gasteiger partial charge in [-0.2, -0.15) is 0 Å². The number of ether oxygens (including phenoxy) is 2. The van der Waals surface area contributed by atoms with E-state index in [1.165, 1.54) is 42.7 Å². The minimum absolute atomic E-state index is 0.304. The molecule has 1 heterocycles. The van der Waals surface area contributed by atoms with Crippen molar-refractivity contribution in [3.05, 3.63) is 66.6 Å². The number of esters is 2. The molecule has 0 atom stereocenters. The van der Waals surface area contributed by atoms with E-state index in [9.17, 15) is 9.59 Å². The van der Waals surface area contributed by atoms with Gasteiger partial charge in [0.15, 0.2) is 0 Å². The summed E-state index contributed by atoms with van der Waals surface area (Å²) in [5.74, 6) is 0.191. The highest BCUT2D eigenvalue weighted by atomic mass is 16.5. The van der Waals surface area contributed by atoms with Gasteiger partial charge in [-0.1, -0.05) is 6.58 Å². The largest absolute Gasteiger partial charge is 0.465 e. The van der Waals surface area contributed by atoms with Crippen LogP contribution in [0.5, 0.6) is 11.5 Å². The van der Waals surface area contributed by atoms with Crippen LogP contribution in [0.25, 0.3) is 6.08 Å². The minimum Gasteiger partial charge on any atom is -0.465 e. The molecule has 0 spiro atoms. The van der Waals surface area contributed by atoms with Gasteiger partial charge in [-0.3, -0.25) is 0 Å². The van der Waals surface area contributed by atoms with Crippen molar-refractivity contribution in [1.29, 1.82) is 0 Å². The molecule has 0 unspecified atom stereocenters. The summed E-state index contributed by atoms with van der Waals surface area (Å²) in [5, 5.41) is 0. The van der Waals surface area contributed by atoms with Crippen molar-refractivity contribution in [2.45, 2.75) is 6.92 Å². The van der Waals surface area contributed by atoms with E-state index >= 15 is 0 Å². The highest BCUT2D eigenvalue weighted by molar-refractivity contribution is 5.89. The lowest BCUT2D eigenvalue weighted by Gasteiger charge is -2.05. The summed E-state index contributed by atoms with van der Waals surface area (Å²) in [5.41, 5.74) is 0.304. The van der Waals surface area contributed by atoms with Crippen molar-refractivity contribution in [2.75, 3.05) is 0 Å². The number of carbonyl (C=O) groups excluding carboxylic acids is 2. The van der Waals surface area contributed by atoms with Crippen LogP contribution in [0, 0.1) is 0 Å². The summed E-state index contributed by atoms with van der Waals surface area (Å²) in [6.45, 7) is 5.05. The SMILES string of the molecule is C=C(C)C(=O)Oc1ccc(OC(=O)C=Cc2ccco2)cc1. The van der Waals surface area contributed by atoms with E-state index in [2.05, 4.69) is 6.58 Å². The van der Waals surface area contributed by atoms with Gasteiger partial charge in [0.05, 0.1) is 6.26 Å². The molecule has 0 amide bonds. The average molecular weight is 298 g/mol. The number of furan rings is 1. The van der Waals surface area contributed by atoms with E-state index in [0.717, 1.165) is 0 Å². The summed E-state index contributed by atoms with van der Waals surface area (Å²) in [4.78, 5) is 23.0. The summed E-state index contributed by atoms with van der Waals surface area (Å²) in [6, 6.07) is 9.54. The molecule has 22 heavy (non-hydrogen) atoms. The first-order valence-electron chi connectivity index (χ1n) is 6.46. The van der Waals surface area contributed by atoms with E-state index in [-0.39, 0.29) is 0 Å². The van der Waals surface area contributed by atoms with Gasteiger partial charge in [0, 0.05) is 11.6 Å². The Labute approximate surface area is 127 Å². The first-order valence-corrected chi connectivity index (χ1v) is 6.46. The molecule has 112 valence electrons. The molecule has 2 rings (SSSR count). The second-order valence-corrected chi connectivity index (χ2v) is 4.41. The first-order chi connectivity index (χ1) is 10.5. The molecule has 1 aromatic carbocycles. The third-order valence-corrected chi connectivity index (χ3v) is 2.53. The number of carbonyl (C=O) groups is 2. The van der Waals surface area contributed by atoms with Gasteiger partial charge >= 0.3 is 11.9 Å². The number of benzene rings is 1. The number of hydrogen-bond acceptors (Lipinski definition) is 5. The van der Waals surface area contributed by atoms with Crippen molar-refractivity contribution < 1.29 is 23.5 Å². The van der Waals surface area contributed by atoms with Gasteiger partial charge in [0.25, 0.3) is 0 Å². The van der Waals surface area contributed by atoms with Crippen LogP contribution in [0.3, 0.4) is 0 Å². The van der Waals surface area contributed by atoms with Crippen LogP contribution >= 0.6 is 0 Å². The molecule has 0 saturated heterocycles.